The molecule has 0 radical (unpaired) electrons. The Kier molecular flexibility index (Phi) is 2.49. The van der Waals surface area contributed by atoms with Crippen molar-refractivity contribution in [3.63, 3.8) is 0 Å². The Morgan fingerprint density at radius 3 is 2.65 bits per heavy atom. The van der Waals surface area contributed by atoms with Gasteiger partial charge in [0.2, 0.25) is 0 Å². The second kappa shape index (κ2) is 4.14. The molecule has 0 spiro atoms. The molecule has 0 unspecified atom stereocenters. The summed E-state index contributed by atoms with van der Waals surface area (Å²) in [6.07, 6.45) is 3.53. The third kappa shape index (κ3) is 1.99. The first-order valence-electron chi connectivity index (χ1n) is 4.92. The summed E-state index contributed by atoms with van der Waals surface area (Å²) in [6, 6.07) is 9.82. The molecule has 1 aromatic carbocycles. The Labute approximate surface area is 105 Å². The average Bonchev–Trinajstić information content (AvgIpc) is 2.98. The third-order valence-corrected chi connectivity index (χ3v) is 2.57. The van der Waals surface area contributed by atoms with Crippen molar-refractivity contribution in [2.24, 2.45) is 0 Å². The third-order valence-electron chi connectivity index (χ3n) is 2.25. The van der Waals surface area contributed by atoms with E-state index in [1.54, 1.807) is 10.9 Å². The van der Waals surface area contributed by atoms with Crippen LogP contribution in [-0.4, -0.2) is 20.0 Å². The summed E-state index contributed by atoms with van der Waals surface area (Å²) >= 11 is 3.11. The predicted octanol–water partition coefficient (Wildman–Crippen LogP) is 2.68. The normalized spacial score (nSPS) is 10.6. The molecule has 0 aliphatic rings. The number of halogens is 1. The van der Waals surface area contributed by atoms with Crippen LogP contribution in [0.3, 0.4) is 0 Å². The van der Waals surface area contributed by atoms with Gasteiger partial charge in [-0.05, 0) is 12.1 Å². The molecule has 0 amide bonds. The average molecular weight is 291 g/mol. The first kappa shape index (κ1) is 10.2. The Morgan fingerprint density at radius 2 is 1.94 bits per heavy atom. The molecule has 0 fully saturated rings. The fourth-order valence-corrected chi connectivity index (χ4v) is 1.71. The van der Waals surface area contributed by atoms with Gasteiger partial charge in [-0.25, -0.2) is 4.68 Å². The second-order valence-corrected chi connectivity index (χ2v) is 4.05. The Morgan fingerprint density at radius 1 is 1.12 bits per heavy atom. The summed E-state index contributed by atoms with van der Waals surface area (Å²) in [5.41, 5.74) is 1.77. The van der Waals surface area contributed by atoms with E-state index >= 15 is 0 Å². The van der Waals surface area contributed by atoms with Crippen LogP contribution < -0.4 is 0 Å². The van der Waals surface area contributed by atoms with Gasteiger partial charge < -0.3 is 4.42 Å². The van der Waals surface area contributed by atoms with Crippen LogP contribution >= 0.6 is 15.9 Å². The van der Waals surface area contributed by atoms with Crippen LogP contribution in [-0.2, 0) is 0 Å². The van der Waals surface area contributed by atoms with Gasteiger partial charge in [0, 0.05) is 22.1 Å². The topological polar surface area (TPSA) is 56.7 Å². The summed E-state index contributed by atoms with van der Waals surface area (Å²) in [4.78, 5) is 0.361. The van der Waals surface area contributed by atoms with Crippen molar-refractivity contribution in [3.05, 3.63) is 47.5 Å². The zero-order valence-electron chi connectivity index (χ0n) is 8.62. The van der Waals surface area contributed by atoms with Gasteiger partial charge in [-0.15, -0.1) is 10.2 Å². The maximum Gasteiger partial charge on any atom is 0.285 e. The number of nitrogens with zero attached hydrogens (tertiary/aromatic N) is 4. The molecule has 2 aromatic heterocycles. The molecule has 0 aliphatic carbocycles. The lowest BCUT2D eigenvalue weighted by atomic mass is 10.3. The minimum Gasteiger partial charge on any atom is -0.411 e. The molecule has 0 saturated carbocycles. The van der Waals surface area contributed by atoms with E-state index in [2.05, 4.69) is 31.2 Å². The van der Waals surface area contributed by atoms with Gasteiger partial charge in [0.05, 0.1) is 17.4 Å². The van der Waals surface area contributed by atoms with Crippen molar-refractivity contribution in [2.75, 3.05) is 0 Å². The summed E-state index contributed by atoms with van der Waals surface area (Å²) in [6.45, 7) is 0. The highest BCUT2D eigenvalue weighted by molar-refractivity contribution is 9.10. The summed E-state index contributed by atoms with van der Waals surface area (Å²) in [7, 11) is 0. The second-order valence-electron chi connectivity index (χ2n) is 3.37. The molecule has 0 saturated heterocycles. The number of aromatic nitrogens is 4. The molecule has 0 bridgehead atoms. The Bertz CT molecular complexity index is 632. The zero-order chi connectivity index (χ0) is 11.7. The summed E-state index contributed by atoms with van der Waals surface area (Å²) < 4.78 is 7.02. The first-order chi connectivity index (χ1) is 8.33. The van der Waals surface area contributed by atoms with Crippen LogP contribution in [0.1, 0.15) is 0 Å². The molecule has 6 heteroatoms. The summed E-state index contributed by atoms with van der Waals surface area (Å²) in [5, 5.41) is 11.9. The van der Waals surface area contributed by atoms with E-state index in [9.17, 15) is 0 Å². The van der Waals surface area contributed by atoms with Crippen LogP contribution in [0.25, 0.3) is 17.1 Å². The number of para-hydroxylation sites is 1. The quantitative estimate of drug-likeness (QED) is 0.728. The molecule has 0 aliphatic heterocycles. The zero-order valence-corrected chi connectivity index (χ0v) is 10.2. The highest BCUT2D eigenvalue weighted by atomic mass is 79.9. The van der Waals surface area contributed by atoms with Gasteiger partial charge in [-0.2, -0.15) is 5.10 Å². The number of benzene rings is 1. The molecular formula is C11H7BrN4O. The van der Waals surface area contributed by atoms with Crippen molar-refractivity contribution in [1.29, 1.82) is 0 Å². The highest BCUT2D eigenvalue weighted by Gasteiger charge is 2.09. The van der Waals surface area contributed by atoms with Crippen LogP contribution in [0.4, 0.5) is 0 Å². The molecule has 2 heterocycles. The van der Waals surface area contributed by atoms with Crippen molar-refractivity contribution < 1.29 is 4.42 Å². The van der Waals surface area contributed by atoms with E-state index in [1.807, 2.05) is 36.5 Å². The van der Waals surface area contributed by atoms with Gasteiger partial charge in [0.25, 0.3) is 10.7 Å². The summed E-state index contributed by atoms with van der Waals surface area (Å²) in [5.74, 6) is 0.444. The van der Waals surface area contributed by atoms with Crippen molar-refractivity contribution in [2.45, 2.75) is 0 Å². The van der Waals surface area contributed by atoms with Crippen LogP contribution in [0.15, 0.2) is 51.9 Å². The van der Waals surface area contributed by atoms with Gasteiger partial charge >= 0.3 is 0 Å². The lowest BCUT2D eigenvalue weighted by Crippen LogP contribution is -1.92. The van der Waals surface area contributed by atoms with E-state index in [0.717, 1.165) is 11.3 Å². The van der Waals surface area contributed by atoms with Crippen molar-refractivity contribution >= 4 is 15.9 Å². The van der Waals surface area contributed by atoms with E-state index < -0.39 is 0 Å². The molecular weight excluding hydrogens is 284 g/mol. The lowest BCUT2D eigenvalue weighted by Gasteiger charge is -1.98. The number of hydrogen-bond donors (Lipinski definition) is 0. The molecule has 3 aromatic rings. The van der Waals surface area contributed by atoms with Gasteiger partial charge in [-0.1, -0.05) is 18.2 Å². The van der Waals surface area contributed by atoms with E-state index in [0.29, 0.717) is 10.7 Å². The monoisotopic (exact) mass is 290 g/mol. The Hall–Kier alpha value is -1.95. The largest absolute Gasteiger partial charge is 0.411 e. The molecule has 5 nitrogen and oxygen atoms in total. The van der Waals surface area contributed by atoms with Gasteiger partial charge in [-0.3, -0.25) is 0 Å². The van der Waals surface area contributed by atoms with Gasteiger partial charge in [0.15, 0.2) is 0 Å². The fourth-order valence-electron chi connectivity index (χ4n) is 1.48. The lowest BCUT2D eigenvalue weighted by molar-refractivity contribution is 0.540. The van der Waals surface area contributed by atoms with Crippen molar-refractivity contribution in [1.82, 2.24) is 20.0 Å². The van der Waals surface area contributed by atoms with Crippen molar-refractivity contribution in [3.8, 4) is 17.1 Å². The predicted molar refractivity (Wildman–Crippen MR) is 64.6 cm³/mol. The maximum atomic E-state index is 5.26. The smallest absolute Gasteiger partial charge is 0.285 e. The van der Waals surface area contributed by atoms with Crippen LogP contribution in [0.2, 0.25) is 0 Å². The highest BCUT2D eigenvalue weighted by Crippen LogP contribution is 2.20. The molecule has 17 heavy (non-hydrogen) atoms. The fraction of sp³-hybridized carbons (Fsp3) is 0. The standard InChI is InChI=1S/C11H7BrN4O/c12-11-15-14-10(17-11)8-6-13-16(7-8)9-4-2-1-3-5-9/h1-7H. The van der Waals surface area contributed by atoms with Gasteiger partial charge in [0.1, 0.15) is 0 Å². The minimum absolute atomic E-state index is 0.361. The maximum absolute atomic E-state index is 5.26. The molecule has 84 valence electrons. The SMILES string of the molecule is Brc1nnc(-c2cnn(-c3ccccc3)c2)o1. The van der Waals surface area contributed by atoms with E-state index in [1.165, 1.54) is 0 Å². The number of hydrogen-bond acceptors (Lipinski definition) is 4. The van der Waals surface area contributed by atoms with E-state index in [-0.39, 0.29) is 0 Å². The molecule has 0 atom stereocenters. The molecule has 3 rings (SSSR count). The first-order valence-corrected chi connectivity index (χ1v) is 5.72. The van der Waals surface area contributed by atoms with Crippen LogP contribution in [0, 0.1) is 0 Å². The Balaban J connectivity index is 1.99. The minimum atomic E-state index is 0.361. The number of rotatable bonds is 2. The van der Waals surface area contributed by atoms with E-state index in [4.69, 9.17) is 4.42 Å². The molecule has 0 N–H and O–H groups in total. The van der Waals surface area contributed by atoms with Crippen LogP contribution in [0.5, 0.6) is 0 Å².